The quantitative estimate of drug-likeness (QED) is 0.424. The van der Waals surface area contributed by atoms with Crippen molar-refractivity contribution in [2.75, 3.05) is 26.8 Å². The maximum atomic E-state index is 13.0. The van der Waals surface area contributed by atoms with Crippen molar-refractivity contribution in [3.8, 4) is 5.75 Å². The summed E-state index contributed by atoms with van der Waals surface area (Å²) >= 11 is 0. The molecule has 0 bridgehead atoms. The molecule has 0 radical (unpaired) electrons. The second kappa shape index (κ2) is 8.94. The number of piperidine rings is 1. The molecule has 154 valence electrons. The molecule has 1 unspecified atom stereocenters. The van der Waals surface area contributed by atoms with Gasteiger partial charge in [-0.2, -0.15) is 4.73 Å². The summed E-state index contributed by atoms with van der Waals surface area (Å²) < 4.78 is 11.4. The minimum atomic E-state index is -0.816. The van der Waals surface area contributed by atoms with E-state index >= 15 is 0 Å². The Morgan fingerprint density at radius 3 is 2.69 bits per heavy atom. The highest BCUT2D eigenvalue weighted by Gasteiger charge is 2.45. The molecule has 0 aliphatic carbocycles. The Balaban J connectivity index is 1.87. The fourth-order valence-electron chi connectivity index (χ4n) is 3.88. The number of nitrogens with zero attached hydrogens (tertiary/aromatic N) is 2. The maximum Gasteiger partial charge on any atom is 0.314 e. The molecular formula is C22H26N2O5. The van der Waals surface area contributed by atoms with Crippen LogP contribution in [0.2, 0.25) is 0 Å². The SMILES string of the molecule is CCOC(=O)C1(Cc2cccc(OC)c2)CCCN(C(=O)c2cc[n+]([O-])cc2)C1. The second-order valence-electron chi connectivity index (χ2n) is 7.31. The Morgan fingerprint density at radius 1 is 1.24 bits per heavy atom. The number of rotatable bonds is 6. The summed E-state index contributed by atoms with van der Waals surface area (Å²) in [5.41, 5.74) is 0.570. The third-order valence-corrected chi connectivity index (χ3v) is 5.30. The molecule has 1 aliphatic rings. The Hall–Kier alpha value is -3.09. The van der Waals surface area contributed by atoms with E-state index in [9.17, 15) is 14.8 Å². The highest BCUT2D eigenvalue weighted by atomic mass is 16.5. The molecule has 1 fully saturated rings. The second-order valence-corrected chi connectivity index (χ2v) is 7.31. The zero-order valence-corrected chi connectivity index (χ0v) is 16.8. The minimum absolute atomic E-state index is 0.190. The lowest BCUT2D eigenvalue weighted by Crippen LogP contribution is -2.51. The molecule has 29 heavy (non-hydrogen) atoms. The smallest absolute Gasteiger partial charge is 0.314 e. The lowest BCUT2D eigenvalue weighted by Gasteiger charge is -2.41. The topological polar surface area (TPSA) is 82.8 Å². The van der Waals surface area contributed by atoms with Gasteiger partial charge in [0, 0.05) is 25.2 Å². The van der Waals surface area contributed by atoms with Crippen molar-refractivity contribution in [2.45, 2.75) is 26.2 Å². The zero-order chi connectivity index (χ0) is 20.9. The van der Waals surface area contributed by atoms with Crippen LogP contribution in [0.15, 0.2) is 48.8 Å². The van der Waals surface area contributed by atoms with Crippen LogP contribution < -0.4 is 9.47 Å². The van der Waals surface area contributed by atoms with Gasteiger partial charge in [0.15, 0.2) is 12.4 Å². The number of pyridine rings is 1. The summed E-state index contributed by atoms with van der Waals surface area (Å²) in [6, 6.07) is 10.6. The molecule has 0 spiro atoms. The van der Waals surface area contributed by atoms with Crippen molar-refractivity contribution in [3.63, 3.8) is 0 Å². The minimum Gasteiger partial charge on any atom is -0.619 e. The number of ether oxygens (including phenoxy) is 2. The van der Waals surface area contributed by atoms with E-state index in [2.05, 4.69) is 0 Å². The Kier molecular flexibility index (Phi) is 6.36. The third-order valence-electron chi connectivity index (χ3n) is 5.30. The maximum absolute atomic E-state index is 13.0. The van der Waals surface area contributed by atoms with Crippen LogP contribution in [0, 0.1) is 10.6 Å². The number of likely N-dealkylation sites (tertiary alicyclic amines) is 1. The molecule has 1 aromatic carbocycles. The van der Waals surface area contributed by atoms with E-state index in [1.807, 2.05) is 24.3 Å². The van der Waals surface area contributed by atoms with E-state index in [0.717, 1.165) is 11.3 Å². The first-order valence-corrected chi connectivity index (χ1v) is 9.76. The lowest BCUT2D eigenvalue weighted by molar-refractivity contribution is -0.605. The third kappa shape index (κ3) is 4.67. The van der Waals surface area contributed by atoms with Crippen LogP contribution >= 0.6 is 0 Å². The van der Waals surface area contributed by atoms with E-state index < -0.39 is 5.41 Å². The summed E-state index contributed by atoms with van der Waals surface area (Å²) in [5.74, 6) is 0.246. The van der Waals surface area contributed by atoms with Crippen molar-refractivity contribution in [2.24, 2.45) is 5.41 Å². The van der Waals surface area contributed by atoms with Gasteiger partial charge in [-0.25, -0.2) is 0 Å². The van der Waals surface area contributed by atoms with Gasteiger partial charge < -0.3 is 19.6 Å². The van der Waals surface area contributed by atoms with Gasteiger partial charge in [-0.05, 0) is 43.9 Å². The van der Waals surface area contributed by atoms with Crippen LogP contribution in [0.25, 0.3) is 0 Å². The van der Waals surface area contributed by atoms with Crippen molar-refractivity contribution >= 4 is 11.9 Å². The first-order valence-electron chi connectivity index (χ1n) is 9.76. The number of methoxy groups -OCH3 is 1. The molecule has 1 amide bonds. The van der Waals surface area contributed by atoms with Crippen LogP contribution in [0.3, 0.4) is 0 Å². The van der Waals surface area contributed by atoms with Gasteiger partial charge in [0.25, 0.3) is 5.91 Å². The highest BCUT2D eigenvalue weighted by Crippen LogP contribution is 2.36. The molecule has 7 heteroatoms. The predicted molar refractivity (Wildman–Crippen MR) is 106 cm³/mol. The van der Waals surface area contributed by atoms with Crippen molar-refractivity contribution in [1.29, 1.82) is 0 Å². The fraction of sp³-hybridized carbons (Fsp3) is 0.409. The molecular weight excluding hydrogens is 372 g/mol. The predicted octanol–water partition coefficient (Wildman–Crippen LogP) is 2.36. The van der Waals surface area contributed by atoms with E-state index in [1.165, 1.54) is 24.5 Å². The number of aromatic nitrogens is 1. The van der Waals surface area contributed by atoms with Crippen LogP contribution in [0.5, 0.6) is 5.75 Å². The Labute approximate surface area is 170 Å². The molecule has 7 nitrogen and oxygen atoms in total. The fourth-order valence-corrected chi connectivity index (χ4v) is 3.88. The summed E-state index contributed by atoms with van der Waals surface area (Å²) in [4.78, 5) is 27.7. The van der Waals surface area contributed by atoms with Gasteiger partial charge >= 0.3 is 5.97 Å². The van der Waals surface area contributed by atoms with Crippen LogP contribution in [-0.2, 0) is 16.0 Å². The van der Waals surface area contributed by atoms with Crippen LogP contribution in [0.4, 0.5) is 0 Å². The van der Waals surface area contributed by atoms with Crippen molar-refractivity contribution < 1.29 is 23.8 Å². The molecule has 1 saturated heterocycles. The van der Waals surface area contributed by atoms with Crippen molar-refractivity contribution in [3.05, 3.63) is 65.1 Å². The van der Waals surface area contributed by atoms with Crippen LogP contribution in [-0.4, -0.2) is 43.6 Å². The molecule has 0 N–H and O–H groups in total. The van der Waals surface area contributed by atoms with Gasteiger partial charge in [0.05, 0.1) is 24.7 Å². The highest BCUT2D eigenvalue weighted by molar-refractivity contribution is 5.94. The summed E-state index contributed by atoms with van der Waals surface area (Å²) in [6.45, 7) is 2.90. The molecule has 1 aliphatic heterocycles. The lowest BCUT2D eigenvalue weighted by atomic mass is 9.75. The molecule has 3 rings (SSSR count). The number of hydrogen-bond donors (Lipinski definition) is 0. The van der Waals surface area contributed by atoms with Crippen LogP contribution in [0.1, 0.15) is 35.7 Å². The average molecular weight is 398 g/mol. The average Bonchev–Trinajstić information content (AvgIpc) is 2.74. The standard InChI is InChI=1S/C22H26N2O5/c1-3-29-21(26)22(15-17-6-4-7-19(14-17)28-2)10-5-11-23(16-22)20(25)18-8-12-24(27)13-9-18/h4,6-9,12-14H,3,5,10-11,15-16H2,1-2H3. The van der Waals surface area contributed by atoms with Gasteiger partial charge in [0.2, 0.25) is 0 Å². The molecule has 1 aromatic heterocycles. The normalized spacial score (nSPS) is 18.9. The summed E-state index contributed by atoms with van der Waals surface area (Å²) in [7, 11) is 1.60. The molecule has 0 saturated carbocycles. The Bertz CT molecular complexity index is 868. The van der Waals surface area contributed by atoms with Gasteiger partial charge in [-0.3, -0.25) is 9.59 Å². The number of amides is 1. The van der Waals surface area contributed by atoms with E-state index in [0.29, 0.717) is 36.1 Å². The van der Waals surface area contributed by atoms with Crippen molar-refractivity contribution in [1.82, 2.24) is 4.90 Å². The first kappa shape index (κ1) is 20.6. The summed E-state index contributed by atoms with van der Waals surface area (Å²) in [6.07, 6.45) is 4.39. The van der Waals surface area contributed by atoms with Gasteiger partial charge in [0.1, 0.15) is 5.75 Å². The zero-order valence-electron chi connectivity index (χ0n) is 16.8. The first-order chi connectivity index (χ1) is 14.0. The number of carbonyl (C=O) groups excluding carboxylic acids is 2. The number of esters is 1. The molecule has 2 aromatic rings. The molecule has 2 heterocycles. The largest absolute Gasteiger partial charge is 0.619 e. The van der Waals surface area contributed by atoms with E-state index in [-0.39, 0.29) is 25.0 Å². The monoisotopic (exact) mass is 398 g/mol. The Morgan fingerprint density at radius 2 is 2.00 bits per heavy atom. The summed E-state index contributed by atoms with van der Waals surface area (Å²) in [5, 5.41) is 11.3. The number of hydrogen-bond acceptors (Lipinski definition) is 5. The van der Waals surface area contributed by atoms with Gasteiger partial charge in [-0.15, -0.1) is 0 Å². The van der Waals surface area contributed by atoms with Gasteiger partial charge in [-0.1, -0.05) is 12.1 Å². The van der Waals surface area contributed by atoms with E-state index in [4.69, 9.17) is 9.47 Å². The number of benzene rings is 1. The number of carbonyl (C=O) groups is 2. The molecule has 1 atom stereocenters. The van der Waals surface area contributed by atoms with E-state index in [1.54, 1.807) is 18.9 Å².